The predicted molar refractivity (Wildman–Crippen MR) is 127 cm³/mol. The van der Waals surface area contributed by atoms with Crippen molar-refractivity contribution in [2.45, 2.75) is 77.9 Å². The number of rotatable bonds is 7. The summed E-state index contributed by atoms with van der Waals surface area (Å²) < 4.78 is 7.57. The number of unbranched alkanes of at least 4 members (excludes halogenated alkanes) is 1. The quantitative estimate of drug-likeness (QED) is 0.634. The second kappa shape index (κ2) is 11.2. The number of carbonyl (C=O) groups is 2. The van der Waals surface area contributed by atoms with E-state index in [1.54, 1.807) is 4.90 Å². The molecular formula is C25H42N4O3. The predicted octanol–water partition coefficient (Wildman–Crippen LogP) is 4.30. The van der Waals surface area contributed by atoms with Gasteiger partial charge in [0.1, 0.15) is 11.3 Å². The first-order chi connectivity index (χ1) is 15.2. The Balaban J connectivity index is 1.39. The number of nitrogens with one attached hydrogen (secondary N) is 1. The lowest BCUT2D eigenvalue weighted by atomic mass is 9.99. The fraction of sp³-hybridized carbons (Fsp3) is 0.760. The normalized spacial score (nSPS) is 19.2. The number of likely N-dealkylation sites (tertiary alicyclic amines) is 2. The maximum atomic E-state index is 12.8. The van der Waals surface area contributed by atoms with Gasteiger partial charge in [0.15, 0.2) is 0 Å². The van der Waals surface area contributed by atoms with E-state index < -0.39 is 5.60 Å². The number of aromatic nitrogens is 1. The first-order valence-corrected chi connectivity index (χ1v) is 12.4. The van der Waals surface area contributed by atoms with E-state index in [2.05, 4.69) is 21.7 Å². The highest BCUT2D eigenvalue weighted by Gasteiger charge is 2.28. The molecule has 1 aromatic heterocycles. The lowest BCUT2D eigenvalue weighted by Crippen LogP contribution is -2.42. The number of nitrogens with zero attached hydrogens (tertiary/aromatic N) is 3. The van der Waals surface area contributed by atoms with E-state index in [0.29, 0.717) is 25.3 Å². The van der Waals surface area contributed by atoms with Crippen LogP contribution >= 0.6 is 0 Å². The molecule has 0 atom stereocenters. The minimum absolute atomic E-state index is 0.00336. The molecule has 7 heteroatoms. The molecule has 0 radical (unpaired) electrons. The number of amides is 2. The molecule has 2 aliphatic rings. The van der Waals surface area contributed by atoms with Crippen LogP contribution in [0.4, 0.5) is 4.79 Å². The first kappa shape index (κ1) is 24.6. The van der Waals surface area contributed by atoms with Gasteiger partial charge < -0.3 is 24.4 Å². The van der Waals surface area contributed by atoms with Crippen LogP contribution in [0.5, 0.6) is 0 Å². The van der Waals surface area contributed by atoms with Gasteiger partial charge in [-0.1, -0.05) is 6.92 Å². The third-order valence-electron chi connectivity index (χ3n) is 6.58. The van der Waals surface area contributed by atoms with Gasteiger partial charge in [0.2, 0.25) is 0 Å². The SMILES string of the molecule is CC1CCN(CCCCNC(=O)c2cccn2C2CCN(C(=O)OC(C)(C)C)CC2)CC1. The van der Waals surface area contributed by atoms with Crippen molar-refractivity contribution in [1.82, 2.24) is 19.7 Å². The van der Waals surface area contributed by atoms with Crippen LogP contribution < -0.4 is 5.32 Å². The second-order valence-corrected chi connectivity index (χ2v) is 10.5. The fourth-order valence-corrected chi connectivity index (χ4v) is 4.60. The highest BCUT2D eigenvalue weighted by molar-refractivity contribution is 5.92. The van der Waals surface area contributed by atoms with Crippen LogP contribution in [0.1, 0.15) is 82.8 Å². The summed E-state index contributed by atoms with van der Waals surface area (Å²) >= 11 is 0. The van der Waals surface area contributed by atoms with Crippen LogP contribution in [-0.2, 0) is 4.74 Å². The maximum absolute atomic E-state index is 12.8. The first-order valence-electron chi connectivity index (χ1n) is 12.4. The second-order valence-electron chi connectivity index (χ2n) is 10.5. The number of hydrogen-bond donors (Lipinski definition) is 1. The molecule has 2 amide bonds. The van der Waals surface area contributed by atoms with Crippen LogP contribution in [0, 0.1) is 5.92 Å². The van der Waals surface area contributed by atoms with E-state index in [0.717, 1.165) is 38.1 Å². The minimum atomic E-state index is -0.480. The topological polar surface area (TPSA) is 66.8 Å². The van der Waals surface area contributed by atoms with Crippen LogP contribution in [-0.4, -0.2) is 71.2 Å². The zero-order valence-electron chi connectivity index (χ0n) is 20.4. The molecule has 0 unspecified atom stereocenters. The third-order valence-corrected chi connectivity index (χ3v) is 6.58. The van der Waals surface area contributed by atoms with Gasteiger partial charge in [-0.05, 0) is 97.0 Å². The van der Waals surface area contributed by atoms with Crippen molar-refractivity contribution in [2.24, 2.45) is 5.92 Å². The standard InChI is InChI=1S/C25H42N4O3/c1-20-9-16-27(17-10-20)14-6-5-13-26-23(30)22-8-7-15-29(22)21-11-18-28(19-12-21)24(31)32-25(2,3)4/h7-8,15,20-21H,5-6,9-14,16-19H2,1-4H3,(H,26,30). The van der Waals surface area contributed by atoms with Crippen LogP contribution in [0.2, 0.25) is 0 Å². The molecule has 2 aliphatic heterocycles. The summed E-state index contributed by atoms with van der Waals surface area (Å²) in [5.74, 6) is 0.864. The summed E-state index contributed by atoms with van der Waals surface area (Å²) in [7, 11) is 0. The lowest BCUT2D eigenvalue weighted by molar-refractivity contribution is 0.0187. The average molecular weight is 447 g/mol. The molecule has 0 bridgehead atoms. The monoisotopic (exact) mass is 446 g/mol. The number of piperidine rings is 2. The third kappa shape index (κ3) is 7.26. The summed E-state index contributed by atoms with van der Waals surface area (Å²) in [5.41, 5.74) is 0.233. The van der Waals surface area contributed by atoms with Gasteiger partial charge in [0.05, 0.1) is 0 Å². The number of ether oxygens (including phenoxy) is 1. The van der Waals surface area contributed by atoms with E-state index in [-0.39, 0.29) is 18.0 Å². The van der Waals surface area contributed by atoms with Crippen molar-refractivity contribution >= 4 is 12.0 Å². The van der Waals surface area contributed by atoms with Crippen molar-refractivity contribution in [3.63, 3.8) is 0 Å². The van der Waals surface area contributed by atoms with Gasteiger partial charge in [0, 0.05) is 31.9 Å². The van der Waals surface area contributed by atoms with E-state index in [4.69, 9.17) is 4.74 Å². The molecule has 0 spiro atoms. The molecule has 0 aromatic carbocycles. The Labute approximate surface area is 193 Å². The van der Waals surface area contributed by atoms with E-state index in [9.17, 15) is 9.59 Å². The summed E-state index contributed by atoms with van der Waals surface area (Å²) in [5, 5.41) is 3.10. The van der Waals surface area contributed by atoms with Crippen molar-refractivity contribution in [3.8, 4) is 0 Å². The van der Waals surface area contributed by atoms with E-state index in [1.165, 1.54) is 25.9 Å². The van der Waals surface area contributed by atoms with Crippen LogP contribution in [0.25, 0.3) is 0 Å². The molecule has 180 valence electrons. The Morgan fingerprint density at radius 1 is 1.06 bits per heavy atom. The zero-order valence-corrected chi connectivity index (χ0v) is 20.4. The number of hydrogen-bond acceptors (Lipinski definition) is 4. The lowest BCUT2D eigenvalue weighted by Gasteiger charge is -2.34. The molecule has 3 heterocycles. The summed E-state index contributed by atoms with van der Waals surface area (Å²) in [6.07, 6.45) is 8.13. The molecule has 32 heavy (non-hydrogen) atoms. The van der Waals surface area contributed by atoms with Crippen LogP contribution in [0.15, 0.2) is 18.3 Å². The van der Waals surface area contributed by atoms with Gasteiger partial charge in [-0.25, -0.2) is 4.79 Å². The molecule has 1 N–H and O–H groups in total. The van der Waals surface area contributed by atoms with Crippen LogP contribution in [0.3, 0.4) is 0 Å². The highest BCUT2D eigenvalue weighted by Crippen LogP contribution is 2.26. The van der Waals surface area contributed by atoms with Gasteiger partial charge in [0.25, 0.3) is 5.91 Å². The Morgan fingerprint density at radius 2 is 1.75 bits per heavy atom. The van der Waals surface area contributed by atoms with Crippen molar-refractivity contribution < 1.29 is 14.3 Å². The molecule has 1 aromatic rings. The molecule has 3 rings (SSSR count). The maximum Gasteiger partial charge on any atom is 0.410 e. The van der Waals surface area contributed by atoms with Gasteiger partial charge >= 0.3 is 6.09 Å². The zero-order chi connectivity index (χ0) is 23.1. The average Bonchev–Trinajstić information content (AvgIpc) is 3.24. The molecule has 0 saturated carbocycles. The molecule has 2 fully saturated rings. The van der Waals surface area contributed by atoms with Gasteiger partial charge in [-0.2, -0.15) is 0 Å². The Hall–Kier alpha value is -2.02. The number of carbonyl (C=O) groups excluding carboxylic acids is 2. The van der Waals surface area contributed by atoms with Crippen molar-refractivity contribution in [1.29, 1.82) is 0 Å². The summed E-state index contributed by atoms with van der Waals surface area (Å²) in [4.78, 5) is 29.4. The fourth-order valence-electron chi connectivity index (χ4n) is 4.60. The highest BCUT2D eigenvalue weighted by atomic mass is 16.6. The Kier molecular flexibility index (Phi) is 8.63. The van der Waals surface area contributed by atoms with Crippen molar-refractivity contribution in [2.75, 3.05) is 39.3 Å². The smallest absolute Gasteiger partial charge is 0.410 e. The van der Waals surface area contributed by atoms with Crippen molar-refractivity contribution in [3.05, 3.63) is 24.0 Å². The minimum Gasteiger partial charge on any atom is -0.444 e. The Bertz CT molecular complexity index is 739. The molecule has 2 saturated heterocycles. The van der Waals surface area contributed by atoms with Gasteiger partial charge in [-0.3, -0.25) is 4.79 Å². The molecule has 7 nitrogen and oxygen atoms in total. The van der Waals surface area contributed by atoms with Gasteiger partial charge in [-0.15, -0.1) is 0 Å². The largest absolute Gasteiger partial charge is 0.444 e. The van der Waals surface area contributed by atoms with E-state index >= 15 is 0 Å². The summed E-state index contributed by atoms with van der Waals surface area (Å²) in [6.45, 7) is 13.6. The van der Waals surface area contributed by atoms with E-state index in [1.807, 2.05) is 39.1 Å². The molecule has 0 aliphatic carbocycles. The Morgan fingerprint density at radius 3 is 2.41 bits per heavy atom. The molecular weight excluding hydrogens is 404 g/mol. The summed E-state index contributed by atoms with van der Waals surface area (Å²) in [6, 6.07) is 4.06.